The second-order valence-electron chi connectivity index (χ2n) is 5.42. The third-order valence-electron chi connectivity index (χ3n) is 3.57. The molecule has 140 valence electrons. The van der Waals surface area contributed by atoms with Crippen molar-refractivity contribution < 1.29 is 17.9 Å². The fourth-order valence-corrected chi connectivity index (χ4v) is 2.14. The summed E-state index contributed by atoms with van der Waals surface area (Å²) in [7, 11) is 4.05. The Morgan fingerprint density at radius 3 is 1.88 bits per heavy atom. The Labute approximate surface area is 144 Å². The number of piperidine rings is 1. The molecule has 1 aliphatic heterocycles. The molecule has 0 amide bonds. The molecule has 0 spiro atoms. The molecule has 1 heterocycles. The van der Waals surface area contributed by atoms with Gasteiger partial charge in [-0.2, -0.15) is 0 Å². The summed E-state index contributed by atoms with van der Waals surface area (Å²) in [4.78, 5) is 4.31. The minimum Gasteiger partial charge on any atom is -0.406 e. The molecule has 0 atom stereocenters. The Bertz CT molecular complexity index is 415. The zero-order valence-corrected chi connectivity index (χ0v) is 15.5. The van der Waals surface area contributed by atoms with Gasteiger partial charge in [0.2, 0.25) is 0 Å². The highest BCUT2D eigenvalue weighted by atomic mass is 19.4. The van der Waals surface area contributed by atoms with Crippen molar-refractivity contribution in [2.75, 3.05) is 38.6 Å². The highest BCUT2D eigenvalue weighted by Gasteiger charge is 2.30. The number of likely N-dealkylation sites (tertiary alicyclic amines) is 1. The van der Waals surface area contributed by atoms with Gasteiger partial charge in [0.1, 0.15) is 5.75 Å². The van der Waals surface area contributed by atoms with Gasteiger partial charge in [-0.25, -0.2) is 0 Å². The number of alkyl halides is 3. The average molecular weight is 348 g/mol. The first kappa shape index (κ1) is 22.6. The molecule has 24 heavy (non-hydrogen) atoms. The monoisotopic (exact) mass is 348 g/mol. The van der Waals surface area contributed by atoms with Crippen LogP contribution < -0.4 is 9.64 Å². The second kappa shape index (κ2) is 12.0. The van der Waals surface area contributed by atoms with Crippen molar-refractivity contribution in [3.05, 3.63) is 24.3 Å². The van der Waals surface area contributed by atoms with Crippen LogP contribution in [0.2, 0.25) is 0 Å². The van der Waals surface area contributed by atoms with Crippen molar-refractivity contribution in [3.8, 4) is 5.75 Å². The number of hydrogen-bond donors (Lipinski definition) is 0. The molecule has 0 saturated carbocycles. The molecular formula is C18H31F3N2O. The lowest BCUT2D eigenvalue weighted by atomic mass is 10.1. The van der Waals surface area contributed by atoms with E-state index in [2.05, 4.69) is 16.7 Å². The van der Waals surface area contributed by atoms with E-state index in [-0.39, 0.29) is 5.75 Å². The molecule has 1 aliphatic rings. The van der Waals surface area contributed by atoms with E-state index in [9.17, 15) is 13.2 Å². The van der Waals surface area contributed by atoms with Gasteiger partial charge in [0, 0.05) is 19.3 Å². The van der Waals surface area contributed by atoms with E-state index in [1.54, 1.807) is 12.1 Å². The summed E-state index contributed by atoms with van der Waals surface area (Å²) in [6.07, 6.45) is -0.352. The Hall–Kier alpha value is -1.43. The summed E-state index contributed by atoms with van der Waals surface area (Å²) in [5.41, 5.74) is 0.854. The lowest BCUT2D eigenvalue weighted by molar-refractivity contribution is -0.274. The predicted molar refractivity (Wildman–Crippen MR) is 94.8 cm³/mol. The van der Waals surface area contributed by atoms with Gasteiger partial charge < -0.3 is 14.5 Å². The molecule has 1 fully saturated rings. The fraction of sp³-hybridized carbons (Fsp3) is 0.667. The van der Waals surface area contributed by atoms with Gasteiger partial charge in [0.05, 0.1) is 0 Å². The Morgan fingerprint density at radius 2 is 1.54 bits per heavy atom. The number of anilines is 1. The highest BCUT2D eigenvalue weighted by Crippen LogP contribution is 2.24. The highest BCUT2D eigenvalue weighted by molar-refractivity contribution is 5.48. The summed E-state index contributed by atoms with van der Waals surface area (Å²) in [5.74, 6) is -0.198. The summed E-state index contributed by atoms with van der Waals surface area (Å²) >= 11 is 0. The van der Waals surface area contributed by atoms with E-state index >= 15 is 0 Å². The third kappa shape index (κ3) is 10.4. The Kier molecular flexibility index (Phi) is 11.3. The standard InChI is InChI=1S/C10H12F3NO.C6H13N.C2H6/c1-3-14(2)8-4-6-9(7-5-8)15-10(11,12)13;1-7-5-3-2-4-6-7;1-2/h4-7H,3H2,1-2H3;2-6H2,1H3;1-2H3. The van der Waals surface area contributed by atoms with Crippen LogP contribution in [-0.2, 0) is 0 Å². The maximum absolute atomic E-state index is 11.8. The third-order valence-corrected chi connectivity index (χ3v) is 3.57. The van der Waals surface area contributed by atoms with Gasteiger partial charge in [-0.1, -0.05) is 20.3 Å². The lowest BCUT2D eigenvalue weighted by Gasteiger charge is -2.20. The molecule has 0 aliphatic carbocycles. The maximum Gasteiger partial charge on any atom is 0.573 e. The lowest BCUT2D eigenvalue weighted by Crippen LogP contribution is -2.24. The molecule has 1 aromatic carbocycles. The van der Waals surface area contributed by atoms with Crippen molar-refractivity contribution in [3.63, 3.8) is 0 Å². The second-order valence-corrected chi connectivity index (χ2v) is 5.42. The number of nitrogens with zero attached hydrogens (tertiary/aromatic N) is 2. The van der Waals surface area contributed by atoms with E-state index in [0.29, 0.717) is 0 Å². The molecule has 6 heteroatoms. The summed E-state index contributed by atoms with van der Waals surface area (Å²) < 4.78 is 39.3. The molecule has 0 aromatic heterocycles. The summed E-state index contributed by atoms with van der Waals surface area (Å²) in [6, 6.07) is 5.78. The first-order valence-corrected chi connectivity index (χ1v) is 8.57. The van der Waals surface area contributed by atoms with Crippen molar-refractivity contribution >= 4 is 5.69 Å². The van der Waals surface area contributed by atoms with Crippen molar-refractivity contribution in [1.82, 2.24) is 4.90 Å². The molecule has 2 rings (SSSR count). The first-order chi connectivity index (χ1) is 11.3. The number of halogens is 3. The van der Waals surface area contributed by atoms with E-state index in [0.717, 1.165) is 12.2 Å². The molecule has 1 saturated heterocycles. The smallest absolute Gasteiger partial charge is 0.406 e. The summed E-state index contributed by atoms with van der Waals surface area (Å²) in [5, 5.41) is 0. The van der Waals surface area contributed by atoms with Crippen LogP contribution in [0.4, 0.5) is 18.9 Å². The molecule has 0 unspecified atom stereocenters. The quantitative estimate of drug-likeness (QED) is 0.749. The molecule has 0 bridgehead atoms. The maximum atomic E-state index is 11.8. The molecule has 0 radical (unpaired) electrons. The van der Waals surface area contributed by atoms with Crippen LogP contribution in [0.5, 0.6) is 5.75 Å². The van der Waals surface area contributed by atoms with Crippen LogP contribution in [0.3, 0.4) is 0 Å². The van der Waals surface area contributed by atoms with Crippen LogP contribution in [0.15, 0.2) is 24.3 Å². The van der Waals surface area contributed by atoms with Gasteiger partial charge in [-0.15, -0.1) is 13.2 Å². The predicted octanol–water partition coefficient (Wildman–Crippen LogP) is 5.17. The average Bonchev–Trinajstić information content (AvgIpc) is 2.56. The Balaban J connectivity index is 0.000000488. The first-order valence-electron chi connectivity index (χ1n) is 8.57. The molecule has 3 nitrogen and oxygen atoms in total. The number of rotatable bonds is 3. The molecule has 0 N–H and O–H groups in total. The van der Waals surface area contributed by atoms with Gasteiger partial charge in [0.15, 0.2) is 0 Å². The molecular weight excluding hydrogens is 317 g/mol. The van der Waals surface area contributed by atoms with E-state index in [1.165, 1.54) is 44.5 Å². The minimum atomic E-state index is -4.63. The normalized spacial score (nSPS) is 14.7. The van der Waals surface area contributed by atoms with Crippen LogP contribution in [-0.4, -0.2) is 45.0 Å². The number of benzene rings is 1. The SMILES string of the molecule is CC.CCN(C)c1ccc(OC(F)(F)F)cc1.CN1CCCCC1. The largest absolute Gasteiger partial charge is 0.573 e. The van der Waals surface area contributed by atoms with Crippen LogP contribution in [0.25, 0.3) is 0 Å². The van der Waals surface area contributed by atoms with Crippen molar-refractivity contribution in [2.45, 2.75) is 46.4 Å². The Morgan fingerprint density at radius 1 is 1.04 bits per heavy atom. The number of hydrogen-bond acceptors (Lipinski definition) is 3. The van der Waals surface area contributed by atoms with Gasteiger partial charge >= 0.3 is 6.36 Å². The minimum absolute atomic E-state index is 0.198. The zero-order chi connectivity index (χ0) is 18.6. The van der Waals surface area contributed by atoms with Gasteiger partial charge in [0.25, 0.3) is 0 Å². The topological polar surface area (TPSA) is 15.7 Å². The van der Waals surface area contributed by atoms with Crippen LogP contribution in [0.1, 0.15) is 40.0 Å². The van der Waals surface area contributed by atoms with Crippen molar-refractivity contribution in [1.29, 1.82) is 0 Å². The van der Waals surface area contributed by atoms with Crippen molar-refractivity contribution in [2.24, 2.45) is 0 Å². The molecule has 1 aromatic rings. The summed E-state index contributed by atoms with van der Waals surface area (Å²) in [6.45, 7) is 9.39. The van der Waals surface area contributed by atoms with Crippen LogP contribution >= 0.6 is 0 Å². The fourth-order valence-electron chi connectivity index (χ4n) is 2.14. The number of ether oxygens (including phenoxy) is 1. The van der Waals surface area contributed by atoms with Crippen LogP contribution in [0, 0.1) is 0 Å². The van der Waals surface area contributed by atoms with E-state index in [1.807, 2.05) is 32.7 Å². The van der Waals surface area contributed by atoms with E-state index < -0.39 is 6.36 Å². The van der Waals surface area contributed by atoms with E-state index in [4.69, 9.17) is 0 Å². The van der Waals surface area contributed by atoms with Gasteiger partial charge in [-0.05, 0) is 64.2 Å². The zero-order valence-electron chi connectivity index (χ0n) is 15.5. The van der Waals surface area contributed by atoms with Gasteiger partial charge in [-0.3, -0.25) is 0 Å².